The predicted molar refractivity (Wildman–Crippen MR) is 79.8 cm³/mol. The van der Waals surface area contributed by atoms with Crippen molar-refractivity contribution in [3.05, 3.63) is 35.9 Å². The summed E-state index contributed by atoms with van der Waals surface area (Å²) in [6.07, 6.45) is 2.28. The van der Waals surface area contributed by atoms with E-state index >= 15 is 0 Å². The number of ether oxygens (including phenoxy) is 1. The molecule has 0 aliphatic rings. The van der Waals surface area contributed by atoms with Crippen LogP contribution in [-0.2, 0) is 25.5 Å². The molecule has 0 saturated carbocycles. The molecule has 1 atom stereocenters. The van der Waals surface area contributed by atoms with Crippen LogP contribution in [0, 0.1) is 5.92 Å². The minimum absolute atomic E-state index is 0.0269. The second-order valence-electron chi connectivity index (χ2n) is 5.12. The summed E-state index contributed by atoms with van der Waals surface area (Å²) in [4.78, 5) is 34.8. The monoisotopic (exact) mass is 290 g/mol. The lowest BCUT2D eigenvalue weighted by Crippen LogP contribution is -2.26. The van der Waals surface area contributed by atoms with E-state index in [1.54, 1.807) is 0 Å². The van der Waals surface area contributed by atoms with Crippen LogP contribution in [0.4, 0.5) is 0 Å². The number of methoxy groups -OCH3 is 1. The highest BCUT2D eigenvalue weighted by molar-refractivity contribution is 5.99. The summed E-state index contributed by atoms with van der Waals surface area (Å²) < 4.78 is 4.66. The number of rotatable bonds is 9. The highest BCUT2D eigenvalue weighted by Crippen LogP contribution is 2.15. The van der Waals surface area contributed by atoms with Crippen LogP contribution in [0.2, 0.25) is 0 Å². The molecule has 0 amide bonds. The lowest BCUT2D eigenvalue weighted by atomic mass is 9.93. The van der Waals surface area contributed by atoms with E-state index in [-0.39, 0.29) is 24.4 Å². The van der Waals surface area contributed by atoms with Crippen LogP contribution < -0.4 is 0 Å². The fraction of sp³-hybridized carbons (Fsp3) is 0.471. The van der Waals surface area contributed by atoms with Crippen molar-refractivity contribution in [2.24, 2.45) is 5.92 Å². The Morgan fingerprint density at radius 2 is 1.76 bits per heavy atom. The largest absolute Gasteiger partial charge is 0.468 e. The Morgan fingerprint density at radius 1 is 1.10 bits per heavy atom. The van der Waals surface area contributed by atoms with Crippen molar-refractivity contribution < 1.29 is 19.1 Å². The van der Waals surface area contributed by atoms with E-state index in [0.717, 1.165) is 6.42 Å². The average molecular weight is 290 g/mol. The number of Topliss-reactive ketones (excluding diaryl/α,β-unsaturated/α-hetero) is 2. The van der Waals surface area contributed by atoms with Crippen molar-refractivity contribution in [1.29, 1.82) is 0 Å². The van der Waals surface area contributed by atoms with Crippen molar-refractivity contribution in [2.75, 3.05) is 7.11 Å². The van der Waals surface area contributed by atoms with Gasteiger partial charge in [-0.05, 0) is 31.7 Å². The molecular formula is C17H22O4. The first-order valence-electron chi connectivity index (χ1n) is 7.18. The summed E-state index contributed by atoms with van der Waals surface area (Å²) in [6, 6.07) is 9.89. The molecule has 0 heterocycles. The standard InChI is InChI=1S/C17H22O4/c1-13(18)11-12-15(17(20)21-2)16(19)10-6-9-14-7-4-3-5-8-14/h3-5,7-8,15H,6,9-12H2,1-2H3. The quantitative estimate of drug-likeness (QED) is 0.518. The Balaban J connectivity index is 2.48. The van der Waals surface area contributed by atoms with Crippen molar-refractivity contribution in [3.63, 3.8) is 0 Å². The average Bonchev–Trinajstić information content (AvgIpc) is 2.48. The lowest BCUT2D eigenvalue weighted by Gasteiger charge is -2.12. The zero-order valence-electron chi connectivity index (χ0n) is 12.6. The molecule has 0 spiro atoms. The summed E-state index contributed by atoms with van der Waals surface area (Å²) in [6.45, 7) is 1.45. The maximum atomic E-state index is 12.1. The van der Waals surface area contributed by atoms with Gasteiger partial charge in [-0.25, -0.2) is 0 Å². The molecule has 1 aromatic rings. The van der Waals surface area contributed by atoms with Crippen molar-refractivity contribution >= 4 is 17.5 Å². The van der Waals surface area contributed by atoms with E-state index in [9.17, 15) is 14.4 Å². The molecule has 1 unspecified atom stereocenters. The minimum atomic E-state index is -0.810. The topological polar surface area (TPSA) is 60.4 Å². The second-order valence-corrected chi connectivity index (χ2v) is 5.12. The van der Waals surface area contributed by atoms with E-state index in [4.69, 9.17) is 0 Å². The summed E-state index contributed by atoms with van der Waals surface area (Å²) in [5.74, 6) is -1.52. The highest BCUT2D eigenvalue weighted by atomic mass is 16.5. The SMILES string of the molecule is COC(=O)C(CCC(C)=O)C(=O)CCCc1ccccc1. The van der Waals surface area contributed by atoms with Crippen LogP contribution >= 0.6 is 0 Å². The molecule has 1 aromatic carbocycles. The normalized spacial score (nSPS) is 11.7. The minimum Gasteiger partial charge on any atom is -0.468 e. The number of esters is 1. The van der Waals surface area contributed by atoms with Crippen molar-refractivity contribution in [2.45, 2.75) is 39.0 Å². The van der Waals surface area contributed by atoms with Gasteiger partial charge in [0.1, 0.15) is 17.5 Å². The van der Waals surface area contributed by atoms with Gasteiger partial charge in [-0.15, -0.1) is 0 Å². The number of carbonyl (C=O) groups excluding carboxylic acids is 3. The zero-order valence-corrected chi connectivity index (χ0v) is 12.6. The van der Waals surface area contributed by atoms with E-state index in [0.29, 0.717) is 12.8 Å². The van der Waals surface area contributed by atoms with Gasteiger partial charge in [-0.2, -0.15) is 0 Å². The number of aryl methyl sites for hydroxylation is 1. The smallest absolute Gasteiger partial charge is 0.316 e. The third-order valence-electron chi connectivity index (χ3n) is 3.39. The van der Waals surface area contributed by atoms with E-state index in [2.05, 4.69) is 4.74 Å². The molecule has 0 fully saturated rings. The fourth-order valence-electron chi connectivity index (χ4n) is 2.19. The Bertz CT molecular complexity index is 479. The first-order valence-corrected chi connectivity index (χ1v) is 7.18. The zero-order chi connectivity index (χ0) is 15.7. The van der Waals surface area contributed by atoms with E-state index in [1.165, 1.54) is 19.6 Å². The lowest BCUT2D eigenvalue weighted by molar-refractivity contribution is -0.149. The second kappa shape index (κ2) is 9.06. The van der Waals surface area contributed by atoms with Crippen LogP contribution in [0.15, 0.2) is 30.3 Å². The third-order valence-corrected chi connectivity index (χ3v) is 3.39. The Hall–Kier alpha value is -1.97. The summed E-state index contributed by atoms with van der Waals surface area (Å²) >= 11 is 0. The molecule has 0 aliphatic heterocycles. The molecule has 0 saturated heterocycles. The van der Waals surface area contributed by atoms with Gasteiger partial charge in [0.25, 0.3) is 0 Å². The number of hydrogen-bond donors (Lipinski definition) is 0. The third kappa shape index (κ3) is 6.34. The molecule has 0 N–H and O–H groups in total. The van der Waals surface area contributed by atoms with Gasteiger partial charge in [0, 0.05) is 12.8 Å². The highest BCUT2D eigenvalue weighted by Gasteiger charge is 2.26. The summed E-state index contributed by atoms with van der Waals surface area (Å²) in [5.41, 5.74) is 1.17. The molecule has 0 bridgehead atoms. The maximum absolute atomic E-state index is 12.1. The molecule has 0 aliphatic carbocycles. The molecule has 21 heavy (non-hydrogen) atoms. The Morgan fingerprint density at radius 3 is 2.33 bits per heavy atom. The van der Waals surface area contributed by atoms with E-state index < -0.39 is 11.9 Å². The molecular weight excluding hydrogens is 268 g/mol. The first kappa shape index (κ1) is 17.1. The number of hydrogen-bond acceptors (Lipinski definition) is 4. The molecule has 114 valence electrons. The Labute approximate surface area is 125 Å². The number of carbonyl (C=O) groups is 3. The van der Waals surface area contributed by atoms with Gasteiger partial charge in [0.05, 0.1) is 7.11 Å². The van der Waals surface area contributed by atoms with Crippen LogP contribution in [0.25, 0.3) is 0 Å². The number of ketones is 2. The van der Waals surface area contributed by atoms with Gasteiger partial charge in [-0.1, -0.05) is 30.3 Å². The van der Waals surface area contributed by atoms with Gasteiger partial charge in [-0.3, -0.25) is 9.59 Å². The van der Waals surface area contributed by atoms with Crippen LogP contribution in [0.1, 0.15) is 38.2 Å². The Kier molecular flexibility index (Phi) is 7.37. The van der Waals surface area contributed by atoms with Crippen LogP contribution in [0.5, 0.6) is 0 Å². The van der Waals surface area contributed by atoms with Crippen molar-refractivity contribution in [3.8, 4) is 0 Å². The predicted octanol–water partition coefficient (Wildman–Crippen LogP) is 2.74. The van der Waals surface area contributed by atoms with Gasteiger partial charge in [0.2, 0.25) is 0 Å². The van der Waals surface area contributed by atoms with Gasteiger partial charge < -0.3 is 9.53 Å². The first-order chi connectivity index (χ1) is 10.0. The van der Waals surface area contributed by atoms with Crippen LogP contribution in [-0.4, -0.2) is 24.6 Å². The van der Waals surface area contributed by atoms with Crippen molar-refractivity contribution in [1.82, 2.24) is 0 Å². The van der Waals surface area contributed by atoms with E-state index in [1.807, 2.05) is 30.3 Å². The maximum Gasteiger partial charge on any atom is 0.316 e. The molecule has 0 aromatic heterocycles. The molecule has 1 rings (SSSR count). The van der Waals surface area contributed by atoms with Gasteiger partial charge >= 0.3 is 5.97 Å². The summed E-state index contributed by atoms with van der Waals surface area (Å²) in [5, 5.41) is 0. The van der Waals surface area contributed by atoms with Crippen LogP contribution in [0.3, 0.4) is 0 Å². The molecule has 0 radical (unpaired) electrons. The molecule has 4 heteroatoms. The fourth-order valence-corrected chi connectivity index (χ4v) is 2.19. The van der Waals surface area contributed by atoms with Gasteiger partial charge in [0.15, 0.2) is 0 Å². The summed E-state index contributed by atoms with van der Waals surface area (Å²) in [7, 11) is 1.26. The molecule has 4 nitrogen and oxygen atoms in total. The number of benzene rings is 1.